The summed E-state index contributed by atoms with van der Waals surface area (Å²) in [6.45, 7) is 8.49. The van der Waals surface area contributed by atoms with Crippen molar-refractivity contribution >= 4 is 5.82 Å². The standard InChI is InChI=1S/C12H21N3O/c1-9(2)6-12(4,16)8-13-11-5-10(3)7-14-15-11/h5,7,9,16H,6,8H2,1-4H3,(H,13,15). The summed E-state index contributed by atoms with van der Waals surface area (Å²) in [5, 5.41) is 21.0. The summed E-state index contributed by atoms with van der Waals surface area (Å²) in [6, 6.07) is 1.92. The van der Waals surface area contributed by atoms with Crippen LogP contribution >= 0.6 is 0 Å². The lowest BCUT2D eigenvalue weighted by Crippen LogP contribution is -2.35. The maximum Gasteiger partial charge on any atom is 0.149 e. The summed E-state index contributed by atoms with van der Waals surface area (Å²) in [5.74, 6) is 1.18. The lowest BCUT2D eigenvalue weighted by Gasteiger charge is -2.25. The summed E-state index contributed by atoms with van der Waals surface area (Å²) in [7, 11) is 0. The average molecular weight is 223 g/mol. The molecule has 1 aromatic heterocycles. The Labute approximate surface area is 97.1 Å². The smallest absolute Gasteiger partial charge is 0.149 e. The summed E-state index contributed by atoms with van der Waals surface area (Å²) in [6.07, 6.45) is 2.47. The quantitative estimate of drug-likeness (QED) is 0.801. The summed E-state index contributed by atoms with van der Waals surface area (Å²) >= 11 is 0. The van der Waals surface area contributed by atoms with Crippen molar-refractivity contribution in [2.75, 3.05) is 11.9 Å². The Kier molecular flexibility index (Phi) is 4.24. The van der Waals surface area contributed by atoms with Crippen LogP contribution in [0.3, 0.4) is 0 Å². The molecule has 16 heavy (non-hydrogen) atoms. The molecule has 1 heterocycles. The van der Waals surface area contributed by atoms with E-state index in [2.05, 4.69) is 29.4 Å². The van der Waals surface area contributed by atoms with E-state index < -0.39 is 5.60 Å². The number of aromatic nitrogens is 2. The van der Waals surface area contributed by atoms with E-state index in [0.29, 0.717) is 18.3 Å². The topological polar surface area (TPSA) is 58.0 Å². The van der Waals surface area contributed by atoms with Crippen molar-refractivity contribution in [3.05, 3.63) is 17.8 Å². The third-order valence-electron chi connectivity index (χ3n) is 2.29. The highest BCUT2D eigenvalue weighted by molar-refractivity contribution is 5.35. The van der Waals surface area contributed by atoms with Crippen LogP contribution in [0.2, 0.25) is 0 Å². The molecule has 0 aliphatic heterocycles. The lowest BCUT2D eigenvalue weighted by atomic mass is 9.94. The summed E-state index contributed by atoms with van der Waals surface area (Å²) < 4.78 is 0. The Bertz CT molecular complexity index is 337. The normalized spacial score (nSPS) is 14.9. The zero-order valence-corrected chi connectivity index (χ0v) is 10.5. The minimum Gasteiger partial charge on any atom is -0.388 e. The second kappa shape index (κ2) is 5.25. The van der Waals surface area contributed by atoms with E-state index >= 15 is 0 Å². The highest BCUT2D eigenvalue weighted by Crippen LogP contribution is 2.16. The first-order valence-electron chi connectivity index (χ1n) is 5.65. The van der Waals surface area contributed by atoms with Gasteiger partial charge < -0.3 is 10.4 Å². The second-order valence-electron chi connectivity index (χ2n) is 5.07. The highest BCUT2D eigenvalue weighted by Gasteiger charge is 2.21. The Morgan fingerprint density at radius 2 is 2.19 bits per heavy atom. The Balaban J connectivity index is 2.50. The van der Waals surface area contributed by atoms with Gasteiger partial charge in [-0.25, -0.2) is 0 Å². The molecule has 0 aliphatic carbocycles. The van der Waals surface area contributed by atoms with Gasteiger partial charge in [0.2, 0.25) is 0 Å². The number of aryl methyl sites for hydroxylation is 1. The van der Waals surface area contributed by atoms with E-state index in [4.69, 9.17) is 0 Å². The molecule has 1 atom stereocenters. The lowest BCUT2D eigenvalue weighted by molar-refractivity contribution is 0.0514. The van der Waals surface area contributed by atoms with Crippen LogP contribution in [0.5, 0.6) is 0 Å². The van der Waals surface area contributed by atoms with Gasteiger partial charge in [-0.3, -0.25) is 0 Å². The largest absolute Gasteiger partial charge is 0.388 e. The van der Waals surface area contributed by atoms with E-state index in [1.165, 1.54) is 0 Å². The van der Waals surface area contributed by atoms with Crippen LogP contribution in [0, 0.1) is 12.8 Å². The predicted octanol–water partition coefficient (Wildman–Crippen LogP) is 1.99. The van der Waals surface area contributed by atoms with Gasteiger partial charge >= 0.3 is 0 Å². The fraction of sp³-hybridized carbons (Fsp3) is 0.667. The summed E-state index contributed by atoms with van der Waals surface area (Å²) in [5.41, 5.74) is 0.348. The molecule has 0 aliphatic rings. The molecule has 1 aromatic rings. The van der Waals surface area contributed by atoms with Crippen LogP contribution in [-0.4, -0.2) is 27.4 Å². The molecule has 0 spiro atoms. The zero-order valence-electron chi connectivity index (χ0n) is 10.5. The molecule has 0 saturated carbocycles. The van der Waals surface area contributed by atoms with Gasteiger partial charge in [-0.05, 0) is 37.8 Å². The number of hydrogen-bond acceptors (Lipinski definition) is 4. The molecule has 0 amide bonds. The molecule has 2 N–H and O–H groups in total. The minimum atomic E-state index is -0.709. The van der Waals surface area contributed by atoms with Crippen molar-refractivity contribution in [3.8, 4) is 0 Å². The molecule has 4 nitrogen and oxygen atoms in total. The third kappa shape index (κ3) is 4.57. The third-order valence-corrected chi connectivity index (χ3v) is 2.29. The first kappa shape index (κ1) is 12.9. The second-order valence-corrected chi connectivity index (χ2v) is 5.07. The van der Waals surface area contributed by atoms with E-state index in [-0.39, 0.29) is 0 Å². The number of aliphatic hydroxyl groups is 1. The predicted molar refractivity (Wildman–Crippen MR) is 65.3 cm³/mol. The fourth-order valence-corrected chi connectivity index (χ4v) is 1.78. The van der Waals surface area contributed by atoms with E-state index in [1.54, 1.807) is 6.20 Å². The Morgan fingerprint density at radius 1 is 1.50 bits per heavy atom. The zero-order chi connectivity index (χ0) is 12.2. The molecule has 1 unspecified atom stereocenters. The van der Waals surface area contributed by atoms with Crippen molar-refractivity contribution in [2.24, 2.45) is 5.92 Å². The van der Waals surface area contributed by atoms with E-state index in [1.807, 2.05) is 19.9 Å². The fourth-order valence-electron chi connectivity index (χ4n) is 1.78. The van der Waals surface area contributed by atoms with Crippen LogP contribution in [0.15, 0.2) is 12.3 Å². The maximum absolute atomic E-state index is 10.1. The van der Waals surface area contributed by atoms with Crippen LogP contribution in [0.1, 0.15) is 32.8 Å². The van der Waals surface area contributed by atoms with E-state index in [9.17, 15) is 5.11 Å². The number of nitrogens with one attached hydrogen (secondary N) is 1. The van der Waals surface area contributed by atoms with Crippen LogP contribution in [0.25, 0.3) is 0 Å². The van der Waals surface area contributed by atoms with Gasteiger partial charge in [0, 0.05) is 6.54 Å². The first-order valence-corrected chi connectivity index (χ1v) is 5.65. The Hall–Kier alpha value is -1.16. The highest BCUT2D eigenvalue weighted by atomic mass is 16.3. The van der Waals surface area contributed by atoms with Crippen LogP contribution < -0.4 is 5.32 Å². The van der Waals surface area contributed by atoms with E-state index in [0.717, 1.165) is 12.0 Å². The van der Waals surface area contributed by atoms with Crippen LogP contribution in [0.4, 0.5) is 5.82 Å². The molecule has 0 radical (unpaired) electrons. The monoisotopic (exact) mass is 223 g/mol. The van der Waals surface area contributed by atoms with Crippen LogP contribution in [-0.2, 0) is 0 Å². The molecular formula is C12H21N3O. The number of nitrogens with zero attached hydrogens (tertiary/aromatic N) is 2. The number of hydrogen-bond donors (Lipinski definition) is 2. The summed E-state index contributed by atoms with van der Waals surface area (Å²) in [4.78, 5) is 0. The molecule has 4 heteroatoms. The molecule has 90 valence electrons. The minimum absolute atomic E-state index is 0.473. The van der Waals surface area contributed by atoms with Gasteiger partial charge in [0.15, 0.2) is 0 Å². The van der Waals surface area contributed by atoms with Crippen molar-refractivity contribution in [2.45, 2.75) is 39.7 Å². The molecular weight excluding hydrogens is 202 g/mol. The molecule has 1 rings (SSSR count). The van der Waals surface area contributed by atoms with Gasteiger partial charge in [0.1, 0.15) is 5.82 Å². The van der Waals surface area contributed by atoms with Gasteiger partial charge in [-0.1, -0.05) is 13.8 Å². The van der Waals surface area contributed by atoms with Crippen molar-refractivity contribution < 1.29 is 5.11 Å². The first-order chi connectivity index (χ1) is 7.39. The maximum atomic E-state index is 10.1. The molecule has 0 saturated heterocycles. The van der Waals surface area contributed by atoms with Crippen molar-refractivity contribution in [3.63, 3.8) is 0 Å². The molecule has 0 aromatic carbocycles. The van der Waals surface area contributed by atoms with Gasteiger partial charge in [-0.15, -0.1) is 5.10 Å². The number of rotatable bonds is 5. The van der Waals surface area contributed by atoms with Gasteiger partial charge in [-0.2, -0.15) is 5.10 Å². The molecule has 0 fully saturated rings. The average Bonchev–Trinajstić information content (AvgIpc) is 2.13. The molecule has 0 bridgehead atoms. The SMILES string of the molecule is Cc1cnnc(NCC(C)(O)CC(C)C)c1. The van der Waals surface area contributed by atoms with Crippen molar-refractivity contribution in [1.29, 1.82) is 0 Å². The number of anilines is 1. The van der Waals surface area contributed by atoms with Gasteiger partial charge in [0.25, 0.3) is 0 Å². The van der Waals surface area contributed by atoms with Gasteiger partial charge in [0.05, 0.1) is 11.8 Å². The van der Waals surface area contributed by atoms with Crippen molar-refractivity contribution in [1.82, 2.24) is 10.2 Å². The Morgan fingerprint density at radius 3 is 2.75 bits per heavy atom.